The van der Waals surface area contributed by atoms with Crippen LogP contribution >= 0.6 is 0 Å². The smallest absolute Gasteiger partial charge is 0.340 e. The summed E-state index contributed by atoms with van der Waals surface area (Å²) in [6.45, 7) is 3.42. The van der Waals surface area contributed by atoms with Crippen LogP contribution in [0.5, 0.6) is 5.75 Å². The maximum Gasteiger partial charge on any atom is 0.340 e. The zero-order chi connectivity index (χ0) is 15.1. The largest absolute Gasteiger partial charge is 0.496 e. The first-order valence-electron chi connectivity index (χ1n) is 7.29. The van der Waals surface area contributed by atoms with Gasteiger partial charge in [0, 0.05) is 18.8 Å². The van der Waals surface area contributed by atoms with Crippen molar-refractivity contribution in [2.45, 2.75) is 32.0 Å². The quantitative estimate of drug-likeness (QED) is 0.755. The second kappa shape index (κ2) is 8.00. The Bertz CT molecular complexity index is 454. The van der Waals surface area contributed by atoms with Crippen molar-refractivity contribution in [1.29, 1.82) is 0 Å². The summed E-state index contributed by atoms with van der Waals surface area (Å²) >= 11 is 0. The van der Waals surface area contributed by atoms with Crippen molar-refractivity contribution in [3.8, 4) is 5.75 Å². The SMILES string of the molecule is CCOC(=O)C(OC1CCOCC1)c1ccccc1OC. The molecule has 21 heavy (non-hydrogen) atoms. The fraction of sp³-hybridized carbons (Fsp3) is 0.562. The van der Waals surface area contributed by atoms with Gasteiger partial charge in [-0.3, -0.25) is 0 Å². The minimum absolute atomic E-state index is 0.00179. The van der Waals surface area contributed by atoms with E-state index < -0.39 is 6.10 Å². The van der Waals surface area contributed by atoms with Gasteiger partial charge in [0.1, 0.15) is 5.75 Å². The first-order chi connectivity index (χ1) is 10.3. The van der Waals surface area contributed by atoms with E-state index in [0.29, 0.717) is 31.1 Å². The maximum absolute atomic E-state index is 12.3. The van der Waals surface area contributed by atoms with Crippen molar-refractivity contribution in [3.63, 3.8) is 0 Å². The molecule has 1 atom stereocenters. The first-order valence-corrected chi connectivity index (χ1v) is 7.29. The molecule has 116 valence electrons. The number of carbonyl (C=O) groups is 1. The molecule has 0 amide bonds. The fourth-order valence-corrected chi connectivity index (χ4v) is 2.36. The van der Waals surface area contributed by atoms with Gasteiger partial charge in [0.25, 0.3) is 0 Å². The Kier molecular flexibility index (Phi) is 6.02. The number of hydrogen-bond acceptors (Lipinski definition) is 5. The van der Waals surface area contributed by atoms with E-state index in [4.69, 9.17) is 18.9 Å². The number of para-hydroxylation sites is 1. The highest BCUT2D eigenvalue weighted by molar-refractivity contribution is 5.77. The summed E-state index contributed by atoms with van der Waals surface area (Å²) in [6.07, 6.45) is 0.804. The summed E-state index contributed by atoms with van der Waals surface area (Å²) in [4.78, 5) is 12.3. The number of methoxy groups -OCH3 is 1. The number of ether oxygens (including phenoxy) is 4. The zero-order valence-corrected chi connectivity index (χ0v) is 12.5. The molecule has 5 heteroatoms. The summed E-state index contributed by atoms with van der Waals surface area (Å²) < 4.78 is 21.8. The fourth-order valence-electron chi connectivity index (χ4n) is 2.36. The normalized spacial score (nSPS) is 17.2. The molecule has 0 N–H and O–H groups in total. The lowest BCUT2D eigenvalue weighted by Gasteiger charge is -2.27. The number of rotatable bonds is 6. The average molecular weight is 294 g/mol. The lowest BCUT2D eigenvalue weighted by atomic mass is 10.1. The van der Waals surface area contributed by atoms with E-state index in [0.717, 1.165) is 12.8 Å². The third-order valence-corrected chi connectivity index (χ3v) is 3.42. The molecule has 0 saturated carbocycles. The Balaban J connectivity index is 2.20. The predicted molar refractivity (Wildman–Crippen MR) is 77.3 cm³/mol. The molecule has 0 spiro atoms. The summed E-state index contributed by atoms with van der Waals surface area (Å²) in [5.41, 5.74) is 0.699. The molecule has 1 heterocycles. The van der Waals surface area contributed by atoms with Gasteiger partial charge in [-0.05, 0) is 25.8 Å². The van der Waals surface area contributed by atoms with E-state index in [1.807, 2.05) is 24.3 Å². The summed E-state index contributed by atoms with van der Waals surface area (Å²) in [6, 6.07) is 7.37. The van der Waals surface area contributed by atoms with Crippen molar-refractivity contribution in [3.05, 3.63) is 29.8 Å². The summed E-state index contributed by atoms with van der Waals surface area (Å²) in [7, 11) is 1.58. The molecule has 1 aliphatic rings. The molecule has 0 bridgehead atoms. The topological polar surface area (TPSA) is 54.0 Å². The van der Waals surface area contributed by atoms with Crippen LogP contribution < -0.4 is 4.74 Å². The van der Waals surface area contributed by atoms with Crippen LogP contribution in [0.25, 0.3) is 0 Å². The lowest BCUT2D eigenvalue weighted by molar-refractivity contribution is -0.165. The lowest BCUT2D eigenvalue weighted by Crippen LogP contribution is -2.29. The van der Waals surface area contributed by atoms with E-state index in [1.165, 1.54) is 0 Å². The van der Waals surface area contributed by atoms with Crippen LogP contribution in [-0.4, -0.2) is 39.0 Å². The summed E-state index contributed by atoms with van der Waals surface area (Å²) in [5.74, 6) is 0.246. The molecule has 1 aromatic rings. The van der Waals surface area contributed by atoms with Gasteiger partial charge in [-0.25, -0.2) is 4.79 Å². The van der Waals surface area contributed by atoms with Crippen LogP contribution in [0.1, 0.15) is 31.4 Å². The monoisotopic (exact) mass is 294 g/mol. The van der Waals surface area contributed by atoms with Gasteiger partial charge in [-0.15, -0.1) is 0 Å². The second-order valence-corrected chi connectivity index (χ2v) is 4.82. The molecule has 5 nitrogen and oxygen atoms in total. The Hall–Kier alpha value is -1.59. The molecule has 0 radical (unpaired) electrons. The summed E-state index contributed by atoms with van der Waals surface area (Å²) in [5, 5.41) is 0. The van der Waals surface area contributed by atoms with Crippen LogP contribution in [0.4, 0.5) is 0 Å². The number of benzene rings is 1. The number of hydrogen-bond donors (Lipinski definition) is 0. The van der Waals surface area contributed by atoms with Crippen LogP contribution in [0.2, 0.25) is 0 Å². The molecule has 1 saturated heterocycles. The van der Waals surface area contributed by atoms with Gasteiger partial charge in [0.2, 0.25) is 0 Å². The van der Waals surface area contributed by atoms with Crippen LogP contribution in [-0.2, 0) is 19.0 Å². The number of carbonyl (C=O) groups excluding carboxylic acids is 1. The van der Waals surface area contributed by atoms with Crippen LogP contribution in [0.15, 0.2) is 24.3 Å². The van der Waals surface area contributed by atoms with Crippen LogP contribution in [0, 0.1) is 0 Å². The highest BCUT2D eigenvalue weighted by atomic mass is 16.6. The second-order valence-electron chi connectivity index (χ2n) is 4.82. The van der Waals surface area contributed by atoms with Gasteiger partial charge in [-0.1, -0.05) is 18.2 Å². The third kappa shape index (κ3) is 4.19. The van der Waals surface area contributed by atoms with Crippen molar-refractivity contribution < 1.29 is 23.7 Å². The van der Waals surface area contributed by atoms with Gasteiger partial charge >= 0.3 is 5.97 Å². The highest BCUT2D eigenvalue weighted by Gasteiger charge is 2.29. The third-order valence-electron chi connectivity index (χ3n) is 3.42. The molecule has 0 aliphatic carbocycles. The molecule has 1 aromatic carbocycles. The van der Waals surface area contributed by atoms with E-state index in [-0.39, 0.29) is 12.1 Å². The Morgan fingerprint density at radius 1 is 1.33 bits per heavy atom. The molecule has 1 aliphatic heterocycles. The van der Waals surface area contributed by atoms with Gasteiger partial charge < -0.3 is 18.9 Å². The van der Waals surface area contributed by atoms with E-state index >= 15 is 0 Å². The molecule has 1 fully saturated rings. The molecular weight excluding hydrogens is 272 g/mol. The zero-order valence-electron chi connectivity index (χ0n) is 12.5. The molecular formula is C16H22O5. The van der Waals surface area contributed by atoms with E-state index in [2.05, 4.69) is 0 Å². The van der Waals surface area contributed by atoms with Crippen molar-refractivity contribution in [1.82, 2.24) is 0 Å². The Morgan fingerprint density at radius 3 is 2.71 bits per heavy atom. The Morgan fingerprint density at radius 2 is 2.05 bits per heavy atom. The molecule has 2 rings (SSSR count). The van der Waals surface area contributed by atoms with Gasteiger partial charge in [0.05, 0.1) is 19.8 Å². The van der Waals surface area contributed by atoms with Crippen molar-refractivity contribution >= 4 is 5.97 Å². The number of esters is 1. The Labute approximate surface area is 125 Å². The standard InChI is InChI=1S/C16H22O5/c1-3-20-16(17)15(21-12-8-10-19-11-9-12)13-6-4-5-7-14(13)18-2/h4-7,12,15H,3,8-11H2,1-2H3. The predicted octanol–water partition coefficient (Wildman–Crippen LogP) is 2.50. The average Bonchev–Trinajstić information content (AvgIpc) is 2.54. The molecule has 1 unspecified atom stereocenters. The van der Waals surface area contributed by atoms with E-state index in [9.17, 15) is 4.79 Å². The maximum atomic E-state index is 12.3. The highest BCUT2D eigenvalue weighted by Crippen LogP contribution is 2.31. The van der Waals surface area contributed by atoms with Crippen molar-refractivity contribution in [2.24, 2.45) is 0 Å². The first kappa shape index (κ1) is 15.8. The molecule has 0 aromatic heterocycles. The van der Waals surface area contributed by atoms with Gasteiger partial charge in [0.15, 0.2) is 6.10 Å². The van der Waals surface area contributed by atoms with Crippen molar-refractivity contribution in [2.75, 3.05) is 26.9 Å². The van der Waals surface area contributed by atoms with Crippen LogP contribution in [0.3, 0.4) is 0 Å². The van der Waals surface area contributed by atoms with E-state index in [1.54, 1.807) is 14.0 Å². The minimum Gasteiger partial charge on any atom is -0.496 e. The van der Waals surface area contributed by atoms with Gasteiger partial charge in [-0.2, -0.15) is 0 Å². The minimum atomic E-state index is -0.760.